The van der Waals surface area contributed by atoms with Crippen LogP contribution in [-0.4, -0.2) is 33.2 Å². The van der Waals surface area contributed by atoms with E-state index in [0.29, 0.717) is 9.70 Å². The van der Waals surface area contributed by atoms with Crippen molar-refractivity contribution in [3.63, 3.8) is 0 Å². The maximum atomic E-state index is 13.7. The number of amides is 1. The number of rotatable bonds is 5. The average Bonchev–Trinajstić information content (AvgIpc) is 3.29. The molecule has 0 bridgehead atoms. The molecule has 0 aliphatic heterocycles. The molecule has 3 aromatic rings. The maximum absolute atomic E-state index is 13.7. The molecule has 0 aliphatic carbocycles. The molecule has 2 heterocycles. The summed E-state index contributed by atoms with van der Waals surface area (Å²) in [5.41, 5.74) is -1.92. The Morgan fingerprint density at radius 1 is 1.28 bits per heavy atom. The summed E-state index contributed by atoms with van der Waals surface area (Å²) in [7, 11) is 0. The van der Waals surface area contributed by atoms with Gasteiger partial charge in [-0.3, -0.25) is 10.1 Å². The summed E-state index contributed by atoms with van der Waals surface area (Å²) in [6.07, 6.45) is -4.05. The first-order valence-corrected chi connectivity index (χ1v) is 9.31. The fraction of sp³-hybridized carbons (Fsp3) is 0.176. The van der Waals surface area contributed by atoms with Gasteiger partial charge >= 0.3 is 12.1 Å². The summed E-state index contributed by atoms with van der Waals surface area (Å²) in [5, 5.41) is 7.57. The van der Waals surface area contributed by atoms with Crippen molar-refractivity contribution in [1.82, 2.24) is 14.8 Å². The van der Waals surface area contributed by atoms with E-state index in [1.807, 2.05) is 0 Å². The minimum atomic E-state index is -4.86. The Morgan fingerprint density at radius 3 is 2.59 bits per heavy atom. The van der Waals surface area contributed by atoms with Gasteiger partial charge in [-0.25, -0.2) is 14.5 Å². The number of carbonyl (C=O) groups excluding carboxylic acids is 2. The predicted octanol–water partition coefficient (Wildman–Crippen LogP) is 4.43. The van der Waals surface area contributed by atoms with Crippen molar-refractivity contribution >= 4 is 39.9 Å². The molecule has 0 atom stereocenters. The Labute approximate surface area is 171 Å². The quantitative estimate of drug-likeness (QED) is 0.588. The monoisotopic (exact) mass is 444 g/mol. The van der Waals surface area contributed by atoms with E-state index >= 15 is 0 Å². The van der Waals surface area contributed by atoms with E-state index in [9.17, 15) is 22.8 Å². The average molecular weight is 445 g/mol. The highest BCUT2D eigenvalue weighted by Gasteiger charge is 2.40. The Bertz CT molecular complexity index is 1050. The van der Waals surface area contributed by atoms with Crippen molar-refractivity contribution in [3.05, 3.63) is 57.8 Å². The number of carbonyl (C=O) groups is 2. The number of thiazole rings is 1. The lowest BCUT2D eigenvalue weighted by molar-refractivity contribution is -0.143. The van der Waals surface area contributed by atoms with Gasteiger partial charge in [0, 0.05) is 10.4 Å². The molecule has 0 saturated heterocycles. The molecule has 1 aromatic carbocycles. The second kappa shape index (κ2) is 8.21. The summed E-state index contributed by atoms with van der Waals surface area (Å²) < 4.78 is 46.4. The van der Waals surface area contributed by atoms with Crippen LogP contribution in [0.2, 0.25) is 5.02 Å². The molecule has 1 amide bonds. The maximum Gasteiger partial charge on any atom is 0.434 e. The van der Waals surface area contributed by atoms with Gasteiger partial charge in [-0.2, -0.15) is 18.3 Å². The van der Waals surface area contributed by atoms with Gasteiger partial charge in [0.15, 0.2) is 16.5 Å². The number of benzene rings is 1. The Hall–Kier alpha value is -2.92. The first-order valence-electron chi connectivity index (χ1n) is 8.06. The van der Waals surface area contributed by atoms with Crippen LogP contribution < -0.4 is 5.32 Å². The lowest BCUT2D eigenvalue weighted by atomic mass is 10.2. The smallest absolute Gasteiger partial charge is 0.434 e. The van der Waals surface area contributed by atoms with Crippen LogP contribution in [-0.2, 0) is 10.9 Å². The van der Waals surface area contributed by atoms with Crippen LogP contribution in [0.4, 0.5) is 18.3 Å². The second-order valence-electron chi connectivity index (χ2n) is 5.51. The van der Waals surface area contributed by atoms with Gasteiger partial charge in [0.2, 0.25) is 0 Å². The number of nitrogens with one attached hydrogen (secondary N) is 1. The van der Waals surface area contributed by atoms with Crippen molar-refractivity contribution in [2.75, 3.05) is 11.9 Å². The topological polar surface area (TPSA) is 86.1 Å². The molecule has 7 nitrogen and oxygen atoms in total. The zero-order valence-corrected chi connectivity index (χ0v) is 16.2. The fourth-order valence-electron chi connectivity index (χ4n) is 2.36. The third-order valence-electron chi connectivity index (χ3n) is 3.56. The number of hydrogen-bond acceptors (Lipinski definition) is 6. The van der Waals surface area contributed by atoms with E-state index in [1.165, 1.54) is 29.6 Å². The molecule has 1 N–H and O–H groups in total. The van der Waals surface area contributed by atoms with Gasteiger partial charge in [-0.05, 0) is 31.2 Å². The van der Waals surface area contributed by atoms with Gasteiger partial charge in [0.25, 0.3) is 5.91 Å². The van der Waals surface area contributed by atoms with Gasteiger partial charge in [-0.15, -0.1) is 11.3 Å². The zero-order valence-electron chi connectivity index (χ0n) is 14.7. The molecule has 152 valence electrons. The third-order valence-corrected chi connectivity index (χ3v) is 4.57. The summed E-state index contributed by atoms with van der Waals surface area (Å²) in [5.74, 6) is -1.77. The first-order chi connectivity index (χ1) is 13.7. The highest BCUT2D eigenvalue weighted by Crippen LogP contribution is 2.34. The summed E-state index contributed by atoms with van der Waals surface area (Å²) >= 11 is 6.64. The Kier molecular flexibility index (Phi) is 5.89. The largest absolute Gasteiger partial charge is 0.461 e. The van der Waals surface area contributed by atoms with Crippen molar-refractivity contribution in [2.45, 2.75) is 13.1 Å². The normalized spacial score (nSPS) is 11.3. The summed E-state index contributed by atoms with van der Waals surface area (Å²) in [6.45, 7) is 1.75. The zero-order chi connectivity index (χ0) is 21.2. The standard InChI is InChI=1S/C17H12ClF3N4O3S/c1-2-28-15(27)12-8-29-16(23-12)24-14(26)11-7-22-25(13(11)17(19,20)21)10-5-3-9(18)4-6-10/h3-8H,2H2,1H3,(H,23,24,26). The second-order valence-corrected chi connectivity index (χ2v) is 6.80. The molecule has 0 fully saturated rings. The van der Waals surface area contributed by atoms with E-state index in [4.69, 9.17) is 16.3 Å². The van der Waals surface area contributed by atoms with Crippen LogP contribution in [0.15, 0.2) is 35.8 Å². The van der Waals surface area contributed by atoms with E-state index in [2.05, 4.69) is 15.4 Å². The van der Waals surface area contributed by atoms with E-state index in [1.54, 1.807) is 6.92 Å². The SMILES string of the molecule is CCOC(=O)c1csc(NC(=O)c2cnn(-c3ccc(Cl)cc3)c2C(F)(F)F)n1. The molecule has 0 radical (unpaired) electrons. The van der Waals surface area contributed by atoms with E-state index < -0.39 is 29.3 Å². The van der Waals surface area contributed by atoms with Gasteiger partial charge in [0.05, 0.1) is 24.1 Å². The Morgan fingerprint density at radius 2 is 1.97 bits per heavy atom. The van der Waals surface area contributed by atoms with Gasteiger partial charge < -0.3 is 4.74 Å². The Balaban J connectivity index is 1.91. The van der Waals surface area contributed by atoms with Crippen LogP contribution in [0.1, 0.15) is 33.5 Å². The minimum absolute atomic E-state index is 0.0505. The van der Waals surface area contributed by atoms with Crippen molar-refractivity contribution in [1.29, 1.82) is 0 Å². The van der Waals surface area contributed by atoms with Crippen LogP contribution in [0.25, 0.3) is 5.69 Å². The van der Waals surface area contributed by atoms with Crippen LogP contribution in [0, 0.1) is 0 Å². The molecular weight excluding hydrogens is 433 g/mol. The number of hydrogen-bond donors (Lipinski definition) is 1. The van der Waals surface area contributed by atoms with Gasteiger partial charge in [0.1, 0.15) is 0 Å². The molecule has 29 heavy (non-hydrogen) atoms. The van der Waals surface area contributed by atoms with Crippen molar-refractivity contribution < 1.29 is 27.5 Å². The summed E-state index contributed by atoms with van der Waals surface area (Å²) in [4.78, 5) is 27.9. The molecular formula is C17H12ClF3N4O3S. The number of alkyl halides is 3. The highest BCUT2D eigenvalue weighted by molar-refractivity contribution is 7.14. The minimum Gasteiger partial charge on any atom is -0.461 e. The number of ether oxygens (including phenoxy) is 1. The van der Waals surface area contributed by atoms with Crippen LogP contribution >= 0.6 is 22.9 Å². The molecule has 0 aliphatic rings. The van der Waals surface area contributed by atoms with Crippen molar-refractivity contribution in [3.8, 4) is 5.69 Å². The molecule has 2 aromatic heterocycles. The number of aromatic nitrogens is 3. The molecule has 12 heteroatoms. The predicted molar refractivity (Wildman–Crippen MR) is 99.6 cm³/mol. The number of halogens is 4. The number of nitrogens with zero attached hydrogens (tertiary/aromatic N) is 3. The van der Waals surface area contributed by atoms with Crippen LogP contribution in [0.5, 0.6) is 0 Å². The third kappa shape index (κ3) is 4.57. The lowest BCUT2D eigenvalue weighted by Gasteiger charge is -2.12. The molecule has 0 spiro atoms. The molecule has 3 rings (SSSR count). The van der Waals surface area contributed by atoms with E-state index in [0.717, 1.165) is 17.5 Å². The molecule has 0 unspecified atom stereocenters. The lowest BCUT2D eigenvalue weighted by Crippen LogP contribution is -2.20. The van der Waals surface area contributed by atoms with E-state index in [-0.39, 0.29) is 23.1 Å². The number of esters is 1. The molecule has 0 saturated carbocycles. The summed E-state index contributed by atoms with van der Waals surface area (Å²) in [6, 6.07) is 5.51. The van der Waals surface area contributed by atoms with Crippen LogP contribution in [0.3, 0.4) is 0 Å². The first kappa shape index (κ1) is 20.8. The highest BCUT2D eigenvalue weighted by atomic mass is 35.5. The van der Waals surface area contributed by atoms with Crippen molar-refractivity contribution in [2.24, 2.45) is 0 Å². The van der Waals surface area contributed by atoms with Gasteiger partial charge in [-0.1, -0.05) is 11.6 Å². The fourth-order valence-corrected chi connectivity index (χ4v) is 3.16. The number of anilines is 1.